The van der Waals surface area contributed by atoms with Crippen molar-refractivity contribution in [1.29, 1.82) is 0 Å². The average molecular weight is 406 g/mol. The summed E-state index contributed by atoms with van der Waals surface area (Å²) in [5.41, 5.74) is -0.389. The Bertz CT molecular complexity index is 1340. The zero-order chi connectivity index (χ0) is 18.6. The Balaban J connectivity index is 0.00000210. The molecule has 0 saturated carbocycles. The summed E-state index contributed by atoms with van der Waals surface area (Å²) in [6.45, 7) is 0.802. The molecule has 6 nitrogen and oxygen atoms in total. The summed E-state index contributed by atoms with van der Waals surface area (Å²) < 4.78 is 2.65. The Labute approximate surface area is 165 Å². The van der Waals surface area contributed by atoms with Gasteiger partial charge in [0.05, 0.1) is 26.8 Å². The van der Waals surface area contributed by atoms with Gasteiger partial charge in [0.15, 0.2) is 5.43 Å². The molecule has 0 saturated heterocycles. The van der Waals surface area contributed by atoms with Crippen LogP contribution in [0.25, 0.3) is 27.2 Å². The number of pyridine rings is 1. The van der Waals surface area contributed by atoms with E-state index in [9.17, 15) is 14.4 Å². The number of nitrogens with zero attached hydrogens (tertiary/aromatic N) is 3. The van der Waals surface area contributed by atoms with Gasteiger partial charge in [0.25, 0.3) is 5.56 Å². The molecule has 0 spiro atoms. The molecule has 8 heteroatoms. The third kappa shape index (κ3) is 2.81. The monoisotopic (exact) mass is 405 g/mol. The molecule has 0 amide bonds. The summed E-state index contributed by atoms with van der Waals surface area (Å²) in [6, 6.07) is 9.98. The molecule has 2 heterocycles. The van der Waals surface area contributed by atoms with Crippen molar-refractivity contribution >= 4 is 51.2 Å². The van der Waals surface area contributed by atoms with E-state index in [4.69, 9.17) is 11.6 Å². The molecule has 140 valence electrons. The highest BCUT2D eigenvalue weighted by Gasteiger charge is 2.20. The van der Waals surface area contributed by atoms with Crippen LogP contribution >= 0.6 is 24.0 Å². The first-order chi connectivity index (χ1) is 12.4. The summed E-state index contributed by atoms with van der Waals surface area (Å²) in [6.07, 6.45) is 0. The van der Waals surface area contributed by atoms with Gasteiger partial charge in [0.1, 0.15) is 0 Å². The Morgan fingerprint density at radius 1 is 1.00 bits per heavy atom. The van der Waals surface area contributed by atoms with E-state index in [0.717, 1.165) is 0 Å². The minimum absolute atomic E-state index is 0. The van der Waals surface area contributed by atoms with Gasteiger partial charge in [-0.25, -0.2) is 4.79 Å². The number of fused-ring (bicyclic) bond motifs is 2. The van der Waals surface area contributed by atoms with Crippen molar-refractivity contribution in [2.24, 2.45) is 0 Å². The van der Waals surface area contributed by atoms with Crippen LogP contribution in [0.3, 0.4) is 0 Å². The molecule has 0 N–H and O–H groups in total. The van der Waals surface area contributed by atoms with E-state index in [2.05, 4.69) is 0 Å². The molecule has 2 aromatic carbocycles. The summed E-state index contributed by atoms with van der Waals surface area (Å²) in [7, 11) is 3.75. The maximum atomic E-state index is 13.2. The van der Waals surface area contributed by atoms with Crippen molar-refractivity contribution in [1.82, 2.24) is 13.9 Å². The number of para-hydroxylation sites is 1. The average Bonchev–Trinajstić information content (AvgIpc) is 2.61. The van der Waals surface area contributed by atoms with Crippen LogP contribution in [0, 0.1) is 0 Å². The first kappa shape index (κ1) is 19.4. The number of hydrogen-bond acceptors (Lipinski definition) is 4. The van der Waals surface area contributed by atoms with Gasteiger partial charge in [-0.2, -0.15) is 0 Å². The van der Waals surface area contributed by atoms with Crippen molar-refractivity contribution < 1.29 is 0 Å². The largest absolute Gasteiger partial charge is 0.336 e. The molecule has 27 heavy (non-hydrogen) atoms. The summed E-state index contributed by atoms with van der Waals surface area (Å²) in [5.74, 6) is 0. The first-order valence-corrected chi connectivity index (χ1v) is 8.56. The van der Waals surface area contributed by atoms with Gasteiger partial charge in [-0.15, -0.1) is 12.4 Å². The van der Waals surface area contributed by atoms with Crippen LogP contribution in [0.4, 0.5) is 0 Å². The topological polar surface area (TPSA) is 63.8 Å². The summed E-state index contributed by atoms with van der Waals surface area (Å²) in [5, 5.41) is 1.15. The highest BCUT2D eigenvalue weighted by Crippen LogP contribution is 2.25. The van der Waals surface area contributed by atoms with Gasteiger partial charge in [-0.3, -0.25) is 18.6 Å². The molecule has 4 aromatic rings. The maximum Gasteiger partial charge on any atom is 0.336 e. The maximum absolute atomic E-state index is 13.2. The van der Waals surface area contributed by atoms with Crippen LogP contribution in [0.2, 0.25) is 5.02 Å². The number of benzene rings is 2. The van der Waals surface area contributed by atoms with Crippen molar-refractivity contribution in [3.8, 4) is 0 Å². The van der Waals surface area contributed by atoms with Crippen LogP contribution < -0.4 is 16.7 Å². The van der Waals surface area contributed by atoms with Crippen molar-refractivity contribution in [2.45, 2.75) is 6.54 Å². The molecular weight excluding hydrogens is 389 g/mol. The second-order valence-electron chi connectivity index (χ2n) is 6.54. The molecule has 0 atom stereocenters. The van der Waals surface area contributed by atoms with E-state index in [0.29, 0.717) is 22.8 Å². The molecule has 0 aliphatic heterocycles. The van der Waals surface area contributed by atoms with Crippen LogP contribution in [0.15, 0.2) is 50.8 Å². The Hall–Kier alpha value is -2.41. The lowest BCUT2D eigenvalue weighted by molar-refractivity contribution is 0.376. The first-order valence-electron chi connectivity index (χ1n) is 8.18. The van der Waals surface area contributed by atoms with E-state index < -0.39 is 11.2 Å². The molecule has 2 aromatic heterocycles. The Morgan fingerprint density at radius 3 is 2.41 bits per heavy atom. The fourth-order valence-corrected chi connectivity index (χ4v) is 3.59. The Kier molecular flexibility index (Phi) is 4.99. The van der Waals surface area contributed by atoms with Crippen LogP contribution in [-0.2, 0) is 6.54 Å². The van der Waals surface area contributed by atoms with Gasteiger partial charge >= 0.3 is 5.69 Å². The lowest BCUT2D eigenvalue weighted by Gasteiger charge is -2.15. The molecule has 4 rings (SSSR count). The fraction of sp³-hybridized carbons (Fsp3) is 0.211. The van der Waals surface area contributed by atoms with Crippen LogP contribution in [-0.4, -0.2) is 34.5 Å². The minimum Gasteiger partial charge on any atom is -0.308 e. The van der Waals surface area contributed by atoms with E-state index in [1.54, 1.807) is 30.3 Å². The molecular formula is C19H17Cl2N3O3. The van der Waals surface area contributed by atoms with Crippen molar-refractivity contribution in [3.05, 3.63) is 72.5 Å². The standard InChI is InChI=1S/C19H16ClN3O3.ClH/c1-21(2)9-10-22-18(25)12-7-8-13(20)15-16(12)23(19(22)26)14-6-4-3-5-11(14)17(15)24;/h3-8H,9-10H2,1-2H3;1H. The third-order valence-corrected chi connectivity index (χ3v) is 4.95. The molecule has 0 radical (unpaired) electrons. The number of aromatic nitrogens is 2. The van der Waals surface area contributed by atoms with Crippen molar-refractivity contribution in [2.75, 3.05) is 20.6 Å². The SMILES string of the molecule is CN(C)CCn1c(=O)c2ccc(Cl)c3c(=O)c4ccccc4n(c1=O)c23.Cl. The highest BCUT2D eigenvalue weighted by molar-refractivity contribution is 6.36. The summed E-state index contributed by atoms with van der Waals surface area (Å²) in [4.78, 5) is 40.9. The number of likely N-dealkylation sites (N-methyl/N-ethyl adjacent to an activating group) is 1. The fourth-order valence-electron chi connectivity index (χ4n) is 3.35. The summed E-state index contributed by atoms with van der Waals surface area (Å²) >= 11 is 6.27. The third-order valence-electron chi connectivity index (χ3n) is 4.64. The Morgan fingerprint density at radius 2 is 1.70 bits per heavy atom. The van der Waals surface area contributed by atoms with E-state index in [-0.39, 0.29) is 40.3 Å². The van der Waals surface area contributed by atoms with Gasteiger partial charge < -0.3 is 4.90 Å². The van der Waals surface area contributed by atoms with Crippen LogP contribution in [0.5, 0.6) is 0 Å². The van der Waals surface area contributed by atoms with Gasteiger partial charge in [0.2, 0.25) is 0 Å². The minimum atomic E-state index is -0.465. The molecule has 0 fully saturated rings. The number of rotatable bonds is 3. The zero-order valence-electron chi connectivity index (χ0n) is 14.7. The van der Waals surface area contributed by atoms with Crippen LogP contribution in [0.1, 0.15) is 0 Å². The smallest absolute Gasteiger partial charge is 0.308 e. The molecule has 0 unspecified atom stereocenters. The van der Waals surface area contributed by atoms with E-state index in [1.165, 1.54) is 15.0 Å². The van der Waals surface area contributed by atoms with Crippen molar-refractivity contribution in [3.63, 3.8) is 0 Å². The predicted molar refractivity (Wildman–Crippen MR) is 111 cm³/mol. The highest BCUT2D eigenvalue weighted by atomic mass is 35.5. The molecule has 0 bridgehead atoms. The van der Waals surface area contributed by atoms with Gasteiger partial charge in [-0.1, -0.05) is 23.7 Å². The van der Waals surface area contributed by atoms with Gasteiger partial charge in [0, 0.05) is 18.5 Å². The number of hydrogen-bond donors (Lipinski definition) is 0. The second-order valence-corrected chi connectivity index (χ2v) is 6.95. The van der Waals surface area contributed by atoms with E-state index in [1.807, 2.05) is 19.0 Å². The number of halogens is 2. The molecule has 0 aliphatic carbocycles. The predicted octanol–water partition coefficient (Wildman–Crippen LogP) is 2.20. The van der Waals surface area contributed by atoms with E-state index >= 15 is 0 Å². The lowest BCUT2D eigenvalue weighted by Crippen LogP contribution is -2.40. The molecule has 0 aliphatic rings. The zero-order valence-corrected chi connectivity index (χ0v) is 16.3. The lowest BCUT2D eigenvalue weighted by atomic mass is 10.1. The van der Waals surface area contributed by atoms with Gasteiger partial charge in [-0.05, 0) is 38.4 Å². The second kappa shape index (κ2) is 6.96. The quantitative estimate of drug-likeness (QED) is 0.387. The normalized spacial score (nSPS) is 11.6.